The number of anilines is 1. The lowest BCUT2D eigenvalue weighted by Crippen LogP contribution is -2.47. The van der Waals surface area contributed by atoms with Crippen molar-refractivity contribution in [2.75, 3.05) is 11.4 Å². The summed E-state index contributed by atoms with van der Waals surface area (Å²) in [5.41, 5.74) is 1.00. The van der Waals surface area contributed by atoms with Crippen LogP contribution in [0.15, 0.2) is 41.3 Å². The molecule has 0 aromatic heterocycles. The van der Waals surface area contributed by atoms with E-state index in [0.717, 1.165) is 25.1 Å². The van der Waals surface area contributed by atoms with Crippen LogP contribution >= 0.6 is 0 Å². The van der Waals surface area contributed by atoms with Gasteiger partial charge in [0.25, 0.3) is 0 Å². The van der Waals surface area contributed by atoms with Crippen molar-refractivity contribution in [2.45, 2.75) is 43.5 Å². The van der Waals surface area contributed by atoms with Gasteiger partial charge in [-0.2, -0.15) is 0 Å². The van der Waals surface area contributed by atoms with E-state index >= 15 is 0 Å². The molecule has 1 fully saturated rings. The minimum absolute atomic E-state index is 0.0647. The maximum atomic E-state index is 11.4. The van der Waals surface area contributed by atoms with E-state index < -0.39 is 22.0 Å². The third-order valence-corrected chi connectivity index (χ3v) is 4.89. The zero-order valence-corrected chi connectivity index (χ0v) is 15.6. The highest BCUT2D eigenvalue weighted by atomic mass is 32.2. The molecule has 1 aliphatic rings. The van der Waals surface area contributed by atoms with Crippen molar-refractivity contribution in [1.29, 1.82) is 0 Å². The zero-order chi connectivity index (χ0) is 20.0. The molecule has 0 aliphatic carbocycles. The number of carboxylic acids is 2. The lowest BCUT2D eigenvalue weighted by atomic mass is 9.90. The molecule has 0 radical (unpaired) electrons. The van der Waals surface area contributed by atoms with Gasteiger partial charge in [-0.05, 0) is 51.3 Å². The fourth-order valence-electron chi connectivity index (χ4n) is 2.71. The van der Waals surface area contributed by atoms with Gasteiger partial charge in [0.1, 0.15) is 0 Å². The molecule has 0 unspecified atom stereocenters. The van der Waals surface area contributed by atoms with Crippen LogP contribution in [0.25, 0.3) is 0 Å². The van der Waals surface area contributed by atoms with Gasteiger partial charge < -0.3 is 15.1 Å². The number of hydrogen-bond acceptors (Lipinski definition) is 5. The second-order valence-corrected chi connectivity index (χ2v) is 8.03. The van der Waals surface area contributed by atoms with Crippen LogP contribution in [0.2, 0.25) is 0 Å². The molecule has 0 spiro atoms. The molecule has 26 heavy (non-hydrogen) atoms. The molecule has 0 saturated carbocycles. The average molecular weight is 384 g/mol. The Labute approximate surface area is 153 Å². The Morgan fingerprint density at radius 3 is 2.19 bits per heavy atom. The first-order chi connectivity index (χ1) is 11.9. The summed E-state index contributed by atoms with van der Waals surface area (Å²) in [7, 11) is -3.63. The highest BCUT2D eigenvalue weighted by Gasteiger charge is 2.30. The number of carbonyl (C=O) groups is 2. The second-order valence-electron chi connectivity index (χ2n) is 6.47. The van der Waals surface area contributed by atoms with Gasteiger partial charge in [-0.25, -0.2) is 23.1 Å². The lowest BCUT2D eigenvalue weighted by Gasteiger charge is -2.44. The van der Waals surface area contributed by atoms with E-state index in [1.807, 2.05) is 6.07 Å². The number of rotatable bonds is 4. The molecule has 1 aliphatic heterocycles. The van der Waals surface area contributed by atoms with Gasteiger partial charge in [0, 0.05) is 29.9 Å². The number of hydrogen-bond donors (Lipinski definition) is 3. The molecule has 9 heteroatoms. The predicted octanol–water partition coefficient (Wildman–Crippen LogP) is 1.81. The van der Waals surface area contributed by atoms with E-state index in [1.54, 1.807) is 12.1 Å². The number of piperidine rings is 1. The van der Waals surface area contributed by atoms with Crippen LogP contribution in [-0.2, 0) is 19.6 Å². The molecule has 2 rings (SSSR count). The van der Waals surface area contributed by atoms with Gasteiger partial charge in [-0.15, -0.1) is 0 Å². The standard InChI is InChI=1S/C13H20N2O2S.C4H4O4/c1-13(2)8-3-4-9-15(13)11-6-5-7-12(10-11)18(14,16)17;5-3(6)1-2-4(7)8/h5-7,10H,3-4,8-9H2,1-2H3,(H2,14,16,17);1-2H,(H,5,6)(H,7,8)/b;2-1-. The Hall–Kier alpha value is -2.39. The minimum Gasteiger partial charge on any atom is -0.478 e. The van der Waals surface area contributed by atoms with E-state index in [4.69, 9.17) is 15.4 Å². The summed E-state index contributed by atoms with van der Waals surface area (Å²) in [4.78, 5) is 21.6. The van der Waals surface area contributed by atoms with Crippen LogP contribution in [0.5, 0.6) is 0 Å². The minimum atomic E-state index is -3.63. The largest absolute Gasteiger partial charge is 0.478 e. The van der Waals surface area contributed by atoms with Crippen molar-refractivity contribution in [3.63, 3.8) is 0 Å². The molecular weight excluding hydrogens is 360 g/mol. The fourth-order valence-corrected chi connectivity index (χ4v) is 3.27. The van der Waals surface area contributed by atoms with Gasteiger partial charge >= 0.3 is 11.9 Å². The average Bonchev–Trinajstić information content (AvgIpc) is 2.52. The summed E-state index contributed by atoms with van der Waals surface area (Å²) < 4.78 is 22.8. The summed E-state index contributed by atoms with van der Waals surface area (Å²) in [6, 6.07) is 6.90. The van der Waals surface area contributed by atoms with Crippen LogP contribution < -0.4 is 10.0 Å². The van der Waals surface area contributed by atoms with E-state index in [-0.39, 0.29) is 10.4 Å². The smallest absolute Gasteiger partial charge is 0.328 e. The molecule has 1 aromatic rings. The molecule has 144 valence electrons. The van der Waals surface area contributed by atoms with Crippen molar-refractivity contribution in [1.82, 2.24) is 0 Å². The highest BCUT2D eigenvalue weighted by molar-refractivity contribution is 7.89. The Bertz CT molecular complexity index is 770. The van der Waals surface area contributed by atoms with Crippen molar-refractivity contribution in [2.24, 2.45) is 5.14 Å². The van der Waals surface area contributed by atoms with Crippen LogP contribution in [0.1, 0.15) is 33.1 Å². The number of sulfonamides is 1. The molecule has 1 aromatic carbocycles. The van der Waals surface area contributed by atoms with Crippen molar-refractivity contribution >= 4 is 27.6 Å². The first-order valence-electron chi connectivity index (χ1n) is 7.98. The van der Waals surface area contributed by atoms with Gasteiger partial charge in [-0.1, -0.05) is 6.07 Å². The molecule has 1 saturated heterocycles. The molecule has 0 amide bonds. The molecule has 1 heterocycles. The summed E-state index contributed by atoms with van der Waals surface area (Å²) in [6.07, 6.45) is 4.60. The van der Waals surface area contributed by atoms with Crippen molar-refractivity contribution in [3.8, 4) is 0 Å². The molecular formula is C17H24N2O6S. The number of nitrogens with two attached hydrogens (primary N) is 1. The van der Waals surface area contributed by atoms with Gasteiger partial charge in [0.05, 0.1) is 4.90 Å². The third kappa shape index (κ3) is 6.85. The Morgan fingerprint density at radius 1 is 1.15 bits per heavy atom. The van der Waals surface area contributed by atoms with Crippen LogP contribution in [-0.4, -0.2) is 42.7 Å². The van der Waals surface area contributed by atoms with Gasteiger partial charge in [-0.3, -0.25) is 0 Å². The van der Waals surface area contributed by atoms with Gasteiger partial charge in [0.2, 0.25) is 10.0 Å². The predicted molar refractivity (Wildman–Crippen MR) is 97.5 cm³/mol. The number of nitrogens with zero attached hydrogens (tertiary/aromatic N) is 1. The van der Waals surface area contributed by atoms with Crippen LogP contribution in [0, 0.1) is 0 Å². The lowest BCUT2D eigenvalue weighted by molar-refractivity contribution is -0.134. The number of primary sulfonamides is 1. The van der Waals surface area contributed by atoms with E-state index in [9.17, 15) is 18.0 Å². The topological polar surface area (TPSA) is 138 Å². The second kappa shape index (κ2) is 8.81. The van der Waals surface area contributed by atoms with Crippen molar-refractivity contribution < 1.29 is 28.2 Å². The summed E-state index contributed by atoms with van der Waals surface area (Å²) in [5, 5.41) is 20.8. The van der Waals surface area contributed by atoms with Crippen LogP contribution in [0.4, 0.5) is 5.69 Å². The summed E-state index contributed by atoms with van der Waals surface area (Å²) >= 11 is 0. The quantitative estimate of drug-likeness (QED) is 0.673. The molecule has 0 atom stereocenters. The van der Waals surface area contributed by atoms with E-state index in [0.29, 0.717) is 12.2 Å². The van der Waals surface area contributed by atoms with Crippen LogP contribution in [0.3, 0.4) is 0 Å². The SMILES string of the molecule is CC1(C)CCCCN1c1cccc(S(N)(=O)=O)c1.O=C(O)/C=C\C(=O)O. The Kier molecular flexibility index (Phi) is 7.34. The maximum Gasteiger partial charge on any atom is 0.328 e. The molecule has 4 N–H and O–H groups in total. The normalized spacial score (nSPS) is 16.7. The number of benzene rings is 1. The maximum absolute atomic E-state index is 11.4. The van der Waals surface area contributed by atoms with E-state index in [1.165, 1.54) is 12.5 Å². The third-order valence-electron chi connectivity index (χ3n) is 3.98. The summed E-state index contributed by atoms with van der Waals surface area (Å²) in [6.45, 7) is 5.34. The van der Waals surface area contributed by atoms with Gasteiger partial charge in [0.15, 0.2) is 0 Å². The van der Waals surface area contributed by atoms with Crippen molar-refractivity contribution in [3.05, 3.63) is 36.4 Å². The monoisotopic (exact) mass is 384 g/mol. The van der Waals surface area contributed by atoms with E-state index in [2.05, 4.69) is 18.7 Å². The number of carboxylic acid groups (broad SMARTS) is 2. The summed E-state index contributed by atoms with van der Waals surface area (Å²) in [5.74, 6) is -2.51. The fraction of sp³-hybridized carbons (Fsp3) is 0.412. The highest BCUT2D eigenvalue weighted by Crippen LogP contribution is 2.33. The first-order valence-corrected chi connectivity index (χ1v) is 9.52. The first kappa shape index (κ1) is 21.7. The Morgan fingerprint density at radius 2 is 1.73 bits per heavy atom. The molecule has 8 nitrogen and oxygen atoms in total. The Balaban J connectivity index is 0.000000359. The molecule has 0 bridgehead atoms. The number of aliphatic carboxylic acids is 2. The zero-order valence-electron chi connectivity index (χ0n) is 14.8.